The zero-order valence-corrected chi connectivity index (χ0v) is 19.9. The average Bonchev–Trinajstić information content (AvgIpc) is 3.09. The third kappa shape index (κ3) is 3.57. The second-order valence-corrected chi connectivity index (χ2v) is 9.66. The van der Waals surface area contributed by atoms with Crippen LogP contribution >= 0.6 is 15.9 Å². The fraction of sp³-hybridized carbons (Fsp3) is 0.259. The highest BCUT2D eigenvalue weighted by atomic mass is 79.9. The van der Waals surface area contributed by atoms with Gasteiger partial charge in [-0.3, -0.25) is 9.69 Å². The highest BCUT2D eigenvalue weighted by molar-refractivity contribution is 9.10. The van der Waals surface area contributed by atoms with Crippen LogP contribution in [0.25, 0.3) is 0 Å². The van der Waals surface area contributed by atoms with Crippen molar-refractivity contribution in [1.29, 1.82) is 5.26 Å². The Bertz CT molecular complexity index is 1240. The van der Waals surface area contributed by atoms with Gasteiger partial charge in [0.25, 0.3) is 5.91 Å². The standard InChI is InChI=1S/C27H24BrN3O2/c1-33-22-11-9-21(10-12-22)31-25(32)23-7-2-3-8-24(23)27(31)15-13-26(18-29,14-16-27)30-20-6-4-5-19(28)17-20/h2-12,17,30H,13-16H2,1H3. The lowest BCUT2D eigenvalue weighted by atomic mass is 9.69. The number of carbonyl (C=O) groups is 1. The quantitative estimate of drug-likeness (QED) is 0.457. The summed E-state index contributed by atoms with van der Waals surface area (Å²) in [5.41, 5.74) is 2.41. The molecule has 0 radical (unpaired) electrons. The highest BCUT2D eigenvalue weighted by Crippen LogP contribution is 2.53. The molecule has 3 aromatic carbocycles. The van der Waals surface area contributed by atoms with Crippen molar-refractivity contribution in [3.63, 3.8) is 0 Å². The molecule has 5 nitrogen and oxygen atoms in total. The van der Waals surface area contributed by atoms with Crippen LogP contribution in [0.1, 0.15) is 41.6 Å². The van der Waals surface area contributed by atoms with Crippen molar-refractivity contribution in [2.24, 2.45) is 0 Å². The van der Waals surface area contributed by atoms with Gasteiger partial charge in [0.2, 0.25) is 0 Å². The van der Waals surface area contributed by atoms with E-state index in [4.69, 9.17) is 4.74 Å². The fourth-order valence-corrected chi connectivity index (χ4v) is 5.70. The number of rotatable bonds is 4. The maximum absolute atomic E-state index is 13.6. The van der Waals surface area contributed by atoms with Crippen molar-refractivity contribution < 1.29 is 9.53 Å². The van der Waals surface area contributed by atoms with Gasteiger partial charge in [0.15, 0.2) is 0 Å². The van der Waals surface area contributed by atoms with Gasteiger partial charge >= 0.3 is 0 Å². The summed E-state index contributed by atoms with van der Waals surface area (Å²) < 4.78 is 6.28. The predicted octanol–water partition coefficient (Wildman–Crippen LogP) is 6.26. The topological polar surface area (TPSA) is 65.4 Å². The number of nitrogens with one attached hydrogen (secondary N) is 1. The summed E-state index contributed by atoms with van der Waals surface area (Å²) in [6, 6.07) is 26.0. The molecule has 1 spiro atoms. The molecule has 3 aromatic rings. The normalized spacial score (nSPS) is 23.8. The second kappa shape index (κ2) is 8.24. The Hall–Kier alpha value is -3.30. The number of benzene rings is 3. The lowest BCUT2D eigenvalue weighted by molar-refractivity contribution is 0.0960. The number of ether oxygens (including phenoxy) is 1. The van der Waals surface area contributed by atoms with Crippen molar-refractivity contribution in [2.45, 2.75) is 36.8 Å². The van der Waals surface area contributed by atoms with Gasteiger partial charge in [-0.25, -0.2) is 0 Å². The number of hydrogen-bond acceptors (Lipinski definition) is 4. The molecule has 2 aliphatic rings. The average molecular weight is 502 g/mol. The van der Waals surface area contributed by atoms with Crippen LogP contribution < -0.4 is 15.0 Å². The minimum atomic E-state index is -0.682. The molecule has 1 aliphatic carbocycles. The molecule has 1 saturated carbocycles. The number of fused-ring (bicyclic) bond motifs is 2. The molecule has 0 unspecified atom stereocenters. The van der Waals surface area contributed by atoms with Crippen LogP contribution in [0.5, 0.6) is 5.75 Å². The summed E-state index contributed by atoms with van der Waals surface area (Å²) in [7, 11) is 1.63. The Morgan fingerprint density at radius 3 is 2.39 bits per heavy atom. The molecule has 1 amide bonds. The van der Waals surface area contributed by atoms with Crippen LogP contribution in [0.15, 0.2) is 77.3 Å². The number of anilines is 2. The molecule has 0 saturated heterocycles. The summed E-state index contributed by atoms with van der Waals surface area (Å²) in [5, 5.41) is 13.7. The minimum absolute atomic E-state index is 0.0140. The summed E-state index contributed by atoms with van der Waals surface area (Å²) in [5.74, 6) is 0.766. The zero-order valence-electron chi connectivity index (χ0n) is 18.3. The van der Waals surface area contributed by atoms with E-state index in [1.165, 1.54) is 0 Å². The van der Waals surface area contributed by atoms with E-state index in [-0.39, 0.29) is 5.91 Å². The molecule has 5 rings (SSSR count). The van der Waals surface area contributed by atoms with Crippen molar-refractivity contribution in [1.82, 2.24) is 0 Å². The van der Waals surface area contributed by atoms with Crippen molar-refractivity contribution in [2.75, 3.05) is 17.3 Å². The van der Waals surface area contributed by atoms with Crippen LogP contribution in [-0.2, 0) is 5.54 Å². The third-order valence-corrected chi connectivity index (χ3v) is 7.47. The van der Waals surface area contributed by atoms with Crippen LogP contribution in [0.4, 0.5) is 11.4 Å². The van der Waals surface area contributed by atoms with Gasteiger partial charge in [0.05, 0.1) is 18.7 Å². The predicted molar refractivity (Wildman–Crippen MR) is 133 cm³/mol. The van der Waals surface area contributed by atoms with Crippen LogP contribution in [0.3, 0.4) is 0 Å². The smallest absolute Gasteiger partial charge is 0.259 e. The van der Waals surface area contributed by atoms with E-state index in [9.17, 15) is 10.1 Å². The molecule has 1 fully saturated rings. The first-order chi connectivity index (χ1) is 16.0. The fourth-order valence-electron chi connectivity index (χ4n) is 5.30. The molecule has 6 heteroatoms. The Balaban J connectivity index is 1.51. The molecule has 166 valence electrons. The molecular formula is C27H24BrN3O2. The van der Waals surface area contributed by atoms with E-state index in [1.807, 2.05) is 71.6 Å². The maximum atomic E-state index is 13.6. The van der Waals surface area contributed by atoms with E-state index in [0.717, 1.165) is 32.7 Å². The van der Waals surface area contributed by atoms with E-state index >= 15 is 0 Å². The van der Waals surface area contributed by atoms with E-state index in [2.05, 4.69) is 33.4 Å². The Kier molecular flexibility index (Phi) is 5.38. The third-order valence-electron chi connectivity index (χ3n) is 6.97. The van der Waals surface area contributed by atoms with E-state index in [1.54, 1.807) is 7.11 Å². The van der Waals surface area contributed by atoms with E-state index in [0.29, 0.717) is 25.7 Å². The molecule has 33 heavy (non-hydrogen) atoms. The Labute approximate surface area is 202 Å². The van der Waals surface area contributed by atoms with E-state index < -0.39 is 11.1 Å². The van der Waals surface area contributed by atoms with Crippen molar-refractivity contribution in [3.8, 4) is 11.8 Å². The number of amides is 1. The van der Waals surface area contributed by atoms with Crippen LogP contribution in [-0.4, -0.2) is 18.6 Å². The molecule has 1 aliphatic heterocycles. The number of methoxy groups -OCH3 is 1. The van der Waals surface area contributed by atoms with Gasteiger partial charge < -0.3 is 10.1 Å². The summed E-state index contributed by atoms with van der Waals surface area (Å²) in [4.78, 5) is 15.5. The minimum Gasteiger partial charge on any atom is -0.497 e. The van der Waals surface area contributed by atoms with Gasteiger partial charge in [-0.05, 0) is 79.8 Å². The Morgan fingerprint density at radius 1 is 1.00 bits per heavy atom. The van der Waals surface area contributed by atoms with Crippen molar-refractivity contribution in [3.05, 3.63) is 88.4 Å². The maximum Gasteiger partial charge on any atom is 0.259 e. The number of nitrogens with zero attached hydrogens (tertiary/aromatic N) is 2. The first-order valence-electron chi connectivity index (χ1n) is 11.0. The summed E-state index contributed by atoms with van der Waals surface area (Å²) in [6.07, 6.45) is 2.64. The van der Waals surface area contributed by atoms with Crippen LogP contribution in [0.2, 0.25) is 0 Å². The van der Waals surface area contributed by atoms with Gasteiger partial charge in [-0.1, -0.05) is 40.2 Å². The molecule has 0 bridgehead atoms. The van der Waals surface area contributed by atoms with Crippen molar-refractivity contribution >= 4 is 33.2 Å². The Morgan fingerprint density at radius 2 is 1.73 bits per heavy atom. The van der Waals surface area contributed by atoms with Crippen LogP contribution in [0, 0.1) is 11.3 Å². The zero-order chi connectivity index (χ0) is 23.1. The first kappa shape index (κ1) is 21.5. The number of nitriles is 1. The van der Waals surface area contributed by atoms with Gasteiger partial charge in [-0.15, -0.1) is 0 Å². The van der Waals surface area contributed by atoms with Gasteiger partial charge in [0.1, 0.15) is 11.3 Å². The second-order valence-electron chi connectivity index (χ2n) is 8.75. The number of carbonyl (C=O) groups excluding carboxylic acids is 1. The largest absolute Gasteiger partial charge is 0.497 e. The first-order valence-corrected chi connectivity index (χ1v) is 11.8. The molecule has 0 aromatic heterocycles. The number of halogens is 1. The summed E-state index contributed by atoms with van der Waals surface area (Å²) >= 11 is 3.51. The number of hydrogen-bond donors (Lipinski definition) is 1. The molecule has 1 N–H and O–H groups in total. The van der Waals surface area contributed by atoms with Gasteiger partial charge in [-0.2, -0.15) is 5.26 Å². The monoisotopic (exact) mass is 501 g/mol. The lowest BCUT2D eigenvalue weighted by Crippen LogP contribution is -2.52. The molecular weight excluding hydrogens is 478 g/mol. The summed E-state index contributed by atoms with van der Waals surface area (Å²) in [6.45, 7) is 0. The SMILES string of the molecule is COc1ccc(N2C(=O)c3ccccc3C23CCC(C#N)(Nc2cccc(Br)c2)CC3)cc1. The highest BCUT2D eigenvalue weighted by Gasteiger charge is 2.54. The van der Waals surface area contributed by atoms with Gasteiger partial charge in [0, 0.05) is 21.4 Å². The molecule has 1 heterocycles. The lowest BCUT2D eigenvalue weighted by Gasteiger charge is -2.47. The molecule has 0 atom stereocenters.